The Morgan fingerprint density at radius 2 is 1.85 bits per heavy atom. The topological polar surface area (TPSA) is 64.0 Å². The average molecular weight is 291 g/mol. The van der Waals surface area contributed by atoms with Crippen LogP contribution in [0.15, 0.2) is 42.7 Å². The highest BCUT2D eigenvalue weighted by Crippen LogP contribution is 2.19. The highest BCUT2D eigenvalue weighted by atomic mass is 32.2. The smallest absolute Gasteiger partial charge is 0.150 e. The molecule has 0 bridgehead atoms. The molecule has 1 saturated heterocycles. The molecule has 1 aromatic carbocycles. The Balaban J connectivity index is 1.64. The number of hydrogen-bond donors (Lipinski definition) is 1. The second kappa shape index (κ2) is 5.28. The second-order valence-electron chi connectivity index (χ2n) is 5.07. The van der Waals surface area contributed by atoms with Crippen LogP contribution in [-0.2, 0) is 9.84 Å². The molecule has 0 saturated carbocycles. The third-order valence-electron chi connectivity index (χ3n) is 3.56. The van der Waals surface area contributed by atoms with E-state index < -0.39 is 9.84 Å². The summed E-state index contributed by atoms with van der Waals surface area (Å²) in [6.45, 7) is 0. The quantitative estimate of drug-likeness (QED) is 0.937. The second-order valence-corrected chi connectivity index (χ2v) is 7.37. The number of nitrogens with one attached hydrogen (secondary N) is 1. The molecular formula is C14H17N3O2S. The number of anilines is 1. The number of aromatic nitrogens is 2. The van der Waals surface area contributed by atoms with Gasteiger partial charge in [-0.2, -0.15) is 5.10 Å². The number of benzene rings is 1. The van der Waals surface area contributed by atoms with Crippen LogP contribution in [0.5, 0.6) is 0 Å². The Morgan fingerprint density at radius 3 is 2.45 bits per heavy atom. The van der Waals surface area contributed by atoms with Crippen molar-refractivity contribution in [2.75, 3.05) is 16.8 Å². The summed E-state index contributed by atoms with van der Waals surface area (Å²) in [5.74, 6) is 0.575. The van der Waals surface area contributed by atoms with Gasteiger partial charge in [-0.05, 0) is 43.2 Å². The summed E-state index contributed by atoms with van der Waals surface area (Å²) >= 11 is 0. The zero-order valence-electron chi connectivity index (χ0n) is 11.1. The predicted octanol–water partition coefficient (Wildman–Crippen LogP) is 1.86. The Labute approximate surface area is 118 Å². The van der Waals surface area contributed by atoms with Gasteiger partial charge >= 0.3 is 0 Å². The van der Waals surface area contributed by atoms with Gasteiger partial charge in [-0.1, -0.05) is 0 Å². The van der Waals surface area contributed by atoms with E-state index in [1.54, 1.807) is 10.9 Å². The van der Waals surface area contributed by atoms with Crippen molar-refractivity contribution in [3.05, 3.63) is 42.7 Å². The lowest BCUT2D eigenvalue weighted by atomic mass is 10.1. The first-order valence-electron chi connectivity index (χ1n) is 6.69. The van der Waals surface area contributed by atoms with Gasteiger partial charge in [0.2, 0.25) is 0 Å². The minimum Gasteiger partial charge on any atom is -0.382 e. The summed E-state index contributed by atoms with van der Waals surface area (Å²) in [7, 11) is -2.80. The van der Waals surface area contributed by atoms with Crippen LogP contribution in [0, 0.1) is 0 Å². The van der Waals surface area contributed by atoms with Crippen molar-refractivity contribution in [1.82, 2.24) is 9.78 Å². The Hall–Kier alpha value is -1.82. The molecule has 2 aromatic rings. The van der Waals surface area contributed by atoms with Crippen molar-refractivity contribution in [2.45, 2.75) is 18.9 Å². The van der Waals surface area contributed by atoms with Crippen molar-refractivity contribution in [3.63, 3.8) is 0 Å². The summed E-state index contributed by atoms with van der Waals surface area (Å²) in [5, 5.41) is 7.57. The molecule has 0 atom stereocenters. The van der Waals surface area contributed by atoms with E-state index in [1.165, 1.54) is 0 Å². The van der Waals surface area contributed by atoms with Crippen molar-refractivity contribution in [3.8, 4) is 5.69 Å². The van der Waals surface area contributed by atoms with Crippen LogP contribution >= 0.6 is 0 Å². The standard InChI is InChI=1S/C14H17N3O2S/c18-20(19)10-6-13(7-11-20)16-12-2-4-14(5-3-12)17-9-1-8-15-17/h1-5,8-9,13,16H,6-7,10-11H2. The van der Waals surface area contributed by atoms with E-state index in [9.17, 15) is 8.42 Å². The Kier molecular flexibility index (Phi) is 3.48. The van der Waals surface area contributed by atoms with Crippen molar-refractivity contribution >= 4 is 15.5 Å². The summed E-state index contributed by atoms with van der Waals surface area (Å²) < 4.78 is 24.6. The number of hydrogen-bond acceptors (Lipinski definition) is 4. The van der Waals surface area contributed by atoms with E-state index in [0.29, 0.717) is 12.8 Å². The van der Waals surface area contributed by atoms with E-state index in [-0.39, 0.29) is 17.5 Å². The minimum absolute atomic E-state index is 0.245. The SMILES string of the molecule is O=S1(=O)CCC(Nc2ccc(-n3cccn3)cc2)CC1. The van der Waals surface area contributed by atoms with Crippen LogP contribution in [0.1, 0.15) is 12.8 Å². The van der Waals surface area contributed by atoms with Crippen molar-refractivity contribution < 1.29 is 8.42 Å². The van der Waals surface area contributed by atoms with E-state index in [1.807, 2.05) is 36.5 Å². The van der Waals surface area contributed by atoms with Gasteiger partial charge in [0.1, 0.15) is 9.84 Å². The minimum atomic E-state index is -2.80. The fourth-order valence-corrected chi connectivity index (χ4v) is 3.89. The monoisotopic (exact) mass is 291 g/mol. The molecule has 2 heterocycles. The first-order valence-corrected chi connectivity index (χ1v) is 8.52. The molecule has 5 nitrogen and oxygen atoms in total. The summed E-state index contributed by atoms with van der Waals surface area (Å²) in [6.07, 6.45) is 5.01. The first kappa shape index (κ1) is 13.2. The molecule has 1 N–H and O–H groups in total. The number of rotatable bonds is 3. The lowest BCUT2D eigenvalue weighted by molar-refractivity contribution is 0.559. The summed E-state index contributed by atoms with van der Waals surface area (Å²) in [4.78, 5) is 0. The van der Waals surface area contributed by atoms with Gasteiger partial charge in [0.25, 0.3) is 0 Å². The fraction of sp³-hybridized carbons (Fsp3) is 0.357. The Morgan fingerprint density at radius 1 is 1.15 bits per heavy atom. The largest absolute Gasteiger partial charge is 0.382 e. The highest BCUT2D eigenvalue weighted by Gasteiger charge is 2.23. The maximum absolute atomic E-state index is 11.4. The van der Waals surface area contributed by atoms with Crippen molar-refractivity contribution in [1.29, 1.82) is 0 Å². The van der Waals surface area contributed by atoms with Crippen LogP contribution < -0.4 is 5.32 Å². The normalized spacial score (nSPS) is 18.8. The lowest BCUT2D eigenvalue weighted by Gasteiger charge is -2.24. The molecule has 20 heavy (non-hydrogen) atoms. The molecule has 0 aliphatic carbocycles. The number of nitrogens with zero attached hydrogens (tertiary/aromatic N) is 2. The molecular weight excluding hydrogens is 274 g/mol. The number of sulfone groups is 1. The third-order valence-corrected chi connectivity index (χ3v) is 5.28. The van der Waals surface area contributed by atoms with Crippen molar-refractivity contribution in [2.24, 2.45) is 0 Å². The van der Waals surface area contributed by atoms with Crippen LogP contribution in [0.3, 0.4) is 0 Å². The fourth-order valence-electron chi connectivity index (χ4n) is 2.40. The van der Waals surface area contributed by atoms with E-state index >= 15 is 0 Å². The molecule has 0 spiro atoms. The first-order chi connectivity index (χ1) is 9.62. The molecule has 0 amide bonds. The van der Waals surface area contributed by atoms with Gasteiger partial charge < -0.3 is 5.32 Å². The molecule has 1 aliphatic heterocycles. The lowest BCUT2D eigenvalue weighted by Crippen LogP contribution is -2.32. The molecule has 3 rings (SSSR count). The van der Waals surface area contributed by atoms with Crippen LogP contribution in [0.2, 0.25) is 0 Å². The van der Waals surface area contributed by atoms with Crippen LogP contribution in [-0.4, -0.2) is 35.7 Å². The maximum atomic E-state index is 11.4. The van der Waals surface area contributed by atoms with E-state index in [2.05, 4.69) is 10.4 Å². The molecule has 1 fully saturated rings. The van der Waals surface area contributed by atoms with Gasteiger partial charge in [0.05, 0.1) is 17.2 Å². The zero-order valence-corrected chi connectivity index (χ0v) is 11.9. The van der Waals surface area contributed by atoms with E-state index in [4.69, 9.17) is 0 Å². The maximum Gasteiger partial charge on any atom is 0.150 e. The zero-order chi connectivity index (χ0) is 14.0. The molecule has 1 aromatic heterocycles. The predicted molar refractivity (Wildman–Crippen MR) is 78.9 cm³/mol. The van der Waals surface area contributed by atoms with Gasteiger partial charge in [0, 0.05) is 24.1 Å². The molecule has 106 valence electrons. The van der Waals surface area contributed by atoms with Gasteiger partial charge in [-0.3, -0.25) is 0 Å². The molecule has 6 heteroatoms. The van der Waals surface area contributed by atoms with Crippen LogP contribution in [0.4, 0.5) is 5.69 Å². The summed E-state index contributed by atoms with van der Waals surface area (Å²) in [6, 6.07) is 10.1. The van der Waals surface area contributed by atoms with E-state index in [0.717, 1.165) is 11.4 Å². The highest BCUT2D eigenvalue weighted by molar-refractivity contribution is 7.91. The summed E-state index contributed by atoms with van der Waals surface area (Å²) in [5.41, 5.74) is 2.02. The third kappa shape index (κ3) is 3.01. The molecule has 1 aliphatic rings. The van der Waals surface area contributed by atoms with Gasteiger partial charge in [-0.25, -0.2) is 13.1 Å². The van der Waals surface area contributed by atoms with Gasteiger partial charge in [-0.15, -0.1) is 0 Å². The van der Waals surface area contributed by atoms with Crippen LogP contribution in [0.25, 0.3) is 5.69 Å². The Bertz CT molecular complexity index is 649. The molecule has 0 radical (unpaired) electrons. The average Bonchev–Trinajstić information content (AvgIpc) is 2.96. The van der Waals surface area contributed by atoms with Gasteiger partial charge in [0.15, 0.2) is 0 Å². The molecule has 0 unspecified atom stereocenters.